The lowest BCUT2D eigenvalue weighted by molar-refractivity contribution is -0.142. The summed E-state index contributed by atoms with van der Waals surface area (Å²) in [5.41, 5.74) is 0.558. The first kappa shape index (κ1) is 23.0. The van der Waals surface area contributed by atoms with E-state index in [1.54, 1.807) is 36.1 Å². The topological polar surface area (TPSA) is 108 Å². The van der Waals surface area contributed by atoms with Crippen LogP contribution in [-0.4, -0.2) is 44.0 Å². The number of thioether (sulfide) groups is 1. The van der Waals surface area contributed by atoms with Gasteiger partial charge < -0.3 is 19.4 Å². The molecule has 3 rings (SSSR count). The van der Waals surface area contributed by atoms with Crippen LogP contribution < -0.4 is 10.1 Å². The molecule has 0 fully saturated rings. The van der Waals surface area contributed by atoms with Gasteiger partial charge in [-0.05, 0) is 19.1 Å². The monoisotopic (exact) mass is 481 g/mol. The summed E-state index contributed by atoms with van der Waals surface area (Å²) in [7, 11) is 1.80. The SMILES string of the molecule is CCOC(=O)Cc1csc(NC(=O)CSc2nnc(COc3ccccc3Cl)n2C)n1. The maximum absolute atomic E-state index is 12.2. The van der Waals surface area contributed by atoms with Gasteiger partial charge in [-0.15, -0.1) is 21.5 Å². The molecule has 3 aromatic rings. The lowest BCUT2D eigenvalue weighted by Crippen LogP contribution is -2.15. The van der Waals surface area contributed by atoms with Crippen molar-refractivity contribution in [3.63, 3.8) is 0 Å². The number of carbonyl (C=O) groups is 2. The molecular formula is C19H20ClN5O4S2. The van der Waals surface area contributed by atoms with Gasteiger partial charge in [0.05, 0.1) is 29.5 Å². The third kappa shape index (κ3) is 6.68. The number of benzene rings is 1. The smallest absolute Gasteiger partial charge is 0.311 e. The molecule has 12 heteroatoms. The molecule has 1 amide bonds. The van der Waals surface area contributed by atoms with Crippen LogP contribution in [0.15, 0.2) is 34.8 Å². The summed E-state index contributed by atoms with van der Waals surface area (Å²) in [6.07, 6.45) is 0.0763. The van der Waals surface area contributed by atoms with E-state index in [1.165, 1.54) is 23.1 Å². The number of thiazole rings is 1. The zero-order chi connectivity index (χ0) is 22.2. The predicted molar refractivity (Wildman–Crippen MR) is 119 cm³/mol. The van der Waals surface area contributed by atoms with Crippen LogP contribution in [-0.2, 0) is 34.4 Å². The van der Waals surface area contributed by atoms with E-state index in [-0.39, 0.29) is 30.7 Å². The first-order valence-corrected chi connectivity index (χ1v) is 11.5. The van der Waals surface area contributed by atoms with Gasteiger partial charge in [-0.1, -0.05) is 35.5 Å². The van der Waals surface area contributed by atoms with Gasteiger partial charge in [0.15, 0.2) is 16.1 Å². The summed E-state index contributed by atoms with van der Waals surface area (Å²) in [5.74, 6) is 0.707. The van der Waals surface area contributed by atoms with Crippen molar-refractivity contribution in [1.29, 1.82) is 0 Å². The Kier molecular flexibility index (Phi) is 8.27. The molecule has 0 radical (unpaired) electrons. The van der Waals surface area contributed by atoms with Gasteiger partial charge in [0, 0.05) is 12.4 Å². The van der Waals surface area contributed by atoms with Crippen molar-refractivity contribution in [3.05, 3.63) is 46.2 Å². The van der Waals surface area contributed by atoms with Crippen molar-refractivity contribution in [3.8, 4) is 5.75 Å². The molecule has 0 aliphatic carbocycles. The number of para-hydroxylation sites is 1. The molecule has 9 nitrogen and oxygen atoms in total. The fraction of sp³-hybridized carbons (Fsp3) is 0.316. The summed E-state index contributed by atoms with van der Waals surface area (Å²) in [6.45, 7) is 2.26. The fourth-order valence-corrected chi connectivity index (χ4v) is 4.04. The molecule has 0 atom stereocenters. The number of carbonyl (C=O) groups excluding carboxylic acids is 2. The standard InChI is InChI=1S/C19H20ClN5O4S2/c1-3-28-17(27)8-12-10-30-18(21-12)22-16(26)11-31-19-24-23-15(25(19)2)9-29-14-7-5-4-6-13(14)20/h4-7,10H,3,8-9,11H2,1-2H3,(H,21,22,26). The fourth-order valence-electron chi connectivity index (χ4n) is 2.39. The third-order valence-electron chi connectivity index (χ3n) is 3.88. The molecule has 0 spiro atoms. The molecule has 0 saturated carbocycles. The number of anilines is 1. The Balaban J connectivity index is 1.48. The minimum absolute atomic E-state index is 0.0763. The maximum Gasteiger partial charge on any atom is 0.311 e. The number of aromatic nitrogens is 4. The lowest BCUT2D eigenvalue weighted by atomic mass is 10.3. The number of amides is 1. The molecule has 0 unspecified atom stereocenters. The second-order valence-electron chi connectivity index (χ2n) is 6.14. The van der Waals surface area contributed by atoms with E-state index >= 15 is 0 Å². The normalized spacial score (nSPS) is 10.7. The molecule has 2 aromatic heterocycles. The minimum Gasteiger partial charge on any atom is -0.484 e. The molecule has 0 aliphatic heterocycles. The molecular weight excluding hydrogens is 462 g/mol. The minimum atomic E-state index is -0.349. The summed E-state index contributed by atoms with van der Waals surface area (Å²) < 4.78 is 12.3. The van der Waals surface area contributed by atoms with Gasteiger partial charge >= 0.3 is 5.97 Å². The lowest BCUT2D eigenvalue weighted by Gasteiger charge is -2.07. The van der Waals surface area contributed by atoms with Crippen molar-refractivity contribution in [2.75, 3.05) is 17.7 Å². The zero-order valence-electron chi connectivity index (χ0n) is 16.8. The second kappa shape index (κ2) is 11.1. The maximum atomic E-state index is 12.2. The van der Waals surface area contributed by atoms with Crippen LogP contribution in [0.4, 0.5) is 5.13 Å². The molecule has 1 N–H and O–H groups in total. The molecule has 0 saturated heterocycles. The highest BCUT2D eigenvalue weighted by atomic mass is 35.5. The summed E-state index contributed by atoms with van der Waals surface area (Å²) in [5, 5.41) is 14.2. The van der Waals surface area contributed by atoms with E-state index < -0.39 is 0 Å². The zero-order valence-corrected chi connectivity index (χ0v) is 19.2. The Labute approximate surface area is 192 Å². The molecule has 164 valence electrons. The molecule has 1 aromatic carbocycles. The second-order valence-corrected chi connectivity index (χ2v) is 8.35. The van der Waals surface area contributed by atoms with Crippen molar-refractivity contribution in [2.24, 2.45) is 7.05 Å². The number of hydrogen-bond donors (Lipinski definition) is 1. The predicted octanol–water partition coefficient (Wildman–Crippen LogP) is 3.34. The largest absolute Gasteiger partial charge is 0.484 e. The van der Waals surface area contributed by atoms with Crippen LogP contribution in [0.2, 0.25) is 5.02 Å². The van der Waals surface area contributed by atoms with Crippen LogP contribution in [0.1, 0.15) is 18.4 Å². The van der Waals surface area contributed by atoms with Crippen molar-refractivity contribution < 1.29 is 19.1 Å². The number of nitrogens with zero attached hydrogens (tertiary/aromatic N) is 4. The number of nitrogens with one attached hydrogen (secondary N) is 1. The van der Waals surface area contributed by atoms with E-state index in [0.29, 0.717) is 39.2 Å². The van der Waals surface area contributed by atoms with Gasteiger partial charge in [-0.3, -0.25) is 9.59 Å². The quantitative estimate of drug-likeness (QED) is 0.347. The Bertz CT molecular complexity index is 1060. The van der Waals surface area contributed by atoms with Gasteiger partial charge in [0.1, 0.15) is 12.4 Å². The summed E-state index contributed by atoms with van der Waals surface area (Å²) in [4.78, 5) is 28.0. The van der Waals surface area contributed by atoms with Crippen molar-refractivity contribution in [1.82, 2.24) is 19.7 Å². The molecule has 0 bridgehead atoms. The van der Waals surface area contributed by atoms with Crippen LogP contribution in [0.3, 0.4) is 0 Å². The number of halogens is 1. The van der Waals surface area contributed by atoms with E-state index in [0.717, 1.165) is 0 Å². The number of esters is 1. The number of rotatable bonds is 10. The van der Waals surface area contributed by atoms with E-state index in [2.05, 4.69) is 20.5 Å². The van der Waals surface area contributed by atoms with E-state index in [9.17, 15) is 9.59 Å². The van der Waals surface area contributed by atoms with Crippen molar-refractivity contribution in [2.45, 2.75) is 25.1 Å². The molecule has 2 heterocycles. The van der Waals surface area contributed by atoms with Crippen LogP contribution >= 0.6 is 34.7 Å². The number of hydrogen-bond acceptors (Lipinski definition) is 9. The van der Waals surface area contributed by atoms with Crippen LogP contribution in [0.5, 0.6) is 5.75 Å². The van der Waals surface area contributed by atoms with Gasteiger partial charge in [-0.2, -0.15) is 0 Å². The Morgan fingerprint density at radius 2 is 2.10 bits per heavy atom. The Hall–Kier alpha value is -2.63. The Morgan fingerprint density at radius 1 is 1.29 bits per heavy atom. The summed E-state index contributed by atoms with van der Waals surface area (Å²) >= 11 is 8.58. The van der Waals surface area contributed by atoms with Crippen LogP contribution in [0.25, 0.3) is 0 Å². The average Bonchev–Trinajstić information content (AvgIpc) is 3.32. The van der Waals surface area contributed by atoms with Gasteiger partial charge in [0.2, 0.25) is 5.91 Å². The number of ether oxygens (including phenoxy) is 2. The third-order valence-corrected chi connectivity index (χ3v) is 6.02. The highest BCUT2D eigenvalue weighted by Gasteiger charge is 2.14. The highest BCUT2D eigenvalue weighted by molar-refractivity contribution is 7.99. The van der Waals surface area contributed by atoms with E-state index in [1.807, 2.05) is 12.1 Å². The molecule has 31 heavy (non-hydrogen) atoms. The van der Waals surface area contributed by atoms with Gasteiger partial charge in [-0.25, -0.2) is 4.98 Å². The first-order chi connectivity index (χ1) is 15.0. The van der Waals surface area contributed by atoms with Crippen LogP contribution in [0, 0.1) is 0 Å². The molecule has 0 aliphatic rings. The van der Waals surface area contributed by atoms with E-state index in [4.69, 9.17) is 21.1 Å². The average molecular weight is 482 g/mol. The summed E-state index contributed by atoms with van der Waals surface area (Å²) in [6, 6.07) is 7.18. The Morgan fingerprint density at radius 3 is 2.87 bits per heavy atom. The van der Waals surface area contributed by atoms with Gasteiger partial charge in [0.25, 0.3) is 0 Å². The first-order valence-electron chi connectivity index (χ1n) is 9.24. The van der Waals surface area contributed by atoms with Crippen molar-refractivity contribution >= 4 is 51.7 Å². The highest BCUT2D eigenvalue weighted by Crippen LogP contribution is 2.24.